The number of hydrazone groups is 1. The van der Waals surface area contributed by atoms with E-state index in [4.69, 9.17) is 4.74 Å². The molecular formula is C11H11N5O4. The highest BCUT2D eigenvalue weighted by Gasteiger charge is 2.01. The summed E-state index contributed by atoms with van der Waals surface area (Å²) in [7, 11) is 1.43. The number of rotatable bonds is 4. The molecule has 2 rings (SSSR count). The average molecular weight is 277 g/mol. The third kappa shape index (κ3) is 3.02. The highest BCUT2D eigenvalue weighted by Crippen LogP contribution is 2.25. The van der Waals surface area contributed by atoms with Crippen LogP contribution in [0.15, 0.2) is 32.9 Å². The SMILES string of the molecule is COc1cc(/C=N\Nc2n[nH]c(=O)[nH]c2=O)ccc1O. The minimum absolute atomic E-state index is 0.0105. The van der Waals surface area contributed by atoms with Crippen LogP contribution in [0.25, 0.3) is 0 Å². The molecule has 0 unspecified atom stereocenters. The summed E-state index contributed by atoms with van der Waals surface area (Å²) in [5, 5.41) is 18.8. The van der Waals surface area contributed by atoms with Crippen molar-refractivity contribution in [3.05, 3.63) is 44.6 Å². The highest BCUT2D eigenvalue weighted by molar-refractivity contribution is 5.81. The van der Waals surface area contributed by atoms with Gasteiger partial charge in [0.2, 0.25) is 5.82 Å². The van der Waals surface area contributed by atoms with Crippen LogP contribution in [0.3, 0.4) is 0 Å². The zero-order valence-electron chi connectivity index (χ0n) is 10.4. The normalized spacial score (nSPS) is 10.7. The molecule has 4 N–H and O–H groups in total. The summed E-state index contributed by atoms with van der Waals surface area (Å²) < 4.78 is 4.94. The van der Waals surface area contributed by atoms with Crippen molar-refractivity contribution >= 4 is 12.0 Å². The Morgan fingerprint density at radius 2 is 2.25 bits per heavy atom. The highest BCUT2D eigenvalue weighted by atomic mass is 16.5. The first kappa shape index (κ1) is 13.3. The fourth-order valence-electron chi connectivity index (χ4n) is 1.37. The predicted molar refractivity (Wildman–Crippen MR) is 71.4 cm³/mol. The van der Waals surface area contributed by atoms with Gasteiger partial charge in [-0.1, -0.05) is 0 Å². The molecule has 2 aromatic rings. The fraction of sp³-hybridized carbons (Fsp3) is 0.0909. The van der Waals surface area contributed by atoms with Crippen LogP contribution < -0.4 is 21.4 Å². The molecule has 0 saturated heterocycles. The number of hydrogen-bond acceptors (Lipinski definition) is 7. The van der Waals surface area contributed by atoms with Crippen molar-refractivity contribution in [3.8, 4) is 11.5 Å². The molecule has 0 radical (unpaired) electrons. The number of phenols is 1. The van der Waals surface area contributed by atoms with E-state index in [1.807, 2.05) is 4.98 Å². The molecule has 1 heterocycles. The molecule has 0 saturated carbocycles. The lowest BCUT2D eigenvalue weighted by atomic mass is 10.2. The Morgan fingerprint density at radius 3 is 2.95 bits per heavy atom. The van der Waals surface area contributed by atoms with Crippen LogP contribution in [0, 0.1) is 0 Å². The summed E-state index contributed by atoms with van der Waals surface area (Å²) >= 11 is 0. The monoisotopic (exact) mass is 277 g/mol. The molecule has 104 valence electrons. The summed E-state index contributed by atoms with van der Waals surface area (Å²) in [6, 6.07) is 4.61. The Hall–Kier alpha value is -3.10. The zero-order chi connectivity index (χ0) is 14.5. The maximum Gasteiger partial charge on any atom is 0.342 e. The number of H-pyrrole nitrogens is 2. The summed E-state index contributed by atoms with van der Waals surface area (Å²) in [6.45, 7) is 0. The van der Waals surface area contributed by atoms with E-state index in [-0.39, 0.29) is 11.6 Å². The summed E-state index contributed by atoms with van der Waals surface area (Å²) in [6.07, 6.45) is 1.40. The third-order valence-electron chi connectivity index (χ3n) is 2.30. The first-order chi connectivity index (χ1) is 9.60. The smallest absolute Gasteiger partial charge is 0.342 e. The number of nitrogens with one attached hydrogen (secondary N) is 3. The minimum Gasteiger partial charge on any atom is -0.504 e. The van der Waals surface area contributed by atoms with Gasteiger partial charge in [-0.3, -0.25) is 15.2 Å². The predicted octanol–water partition coefficient (Wildman–Crippen LogP) is -0.382. The number of hydrogen-bond donors (Lipinski definition) is 4. The van der Waals surface area contributed by atoms with Gasteiger partial charge in [0.05, 0.1) is 13.3 Å². The Balaban J connectivity index is 2.14. The lowest BCUT2D eigenvalue weighted by Gasteiger charge is -2.03. The average Bonchev–Trinajstić information content (AvgIpc) is 2.43. The number of methoxy groups -OCH3 is 1. The van der Waals surface area contributed by atoms with E-state index in [0.29, 0.717) is 11.3 Å². The fourth-order valence-corrected chi connectivity index (χ4v) is 1.37. The third-order valence-corrected chi connectivity index (χ3v) is 2.30. The number of anilines is 1. The van der Waals surface area contributed by atoms with Crippen molar-refractivity contribution in [2.24, 2.45) is 5.10 Å². The van der Waals surface area contributed by atoms with Crippen molar-refractivity contribution in [1.82, 2.24) is 15.2 Å². The van der Waals surface area contributed by atoms with Crippen LogP contribution in [0.5, 0.6) is 11.5 Å². The first-order valence-electron chi connectivity index (χ1n) is 5.45. The number of ether oxygens (including phenoxy) is 1. The molecule has 0 aliphatic rings. The van der Waals surface area contributed by atoms with E-state index < -0.39 is 11.2 Å². The number of nitrogens with zero attached hydrogens (tertiary/aromatic N) is 2. The molecule has 0 fully saturated rings. The number of benzene rings is 1. The molecule has 0 amide bonds. The van der Waals surface area contributed by atoms with Gasteiger partial charge in [-0.2, -0.15) is 5.10 Å². The molecule has 0 bridgehead atoms. The van der Waals surface area contributed by atoms with Crippen molar-refractivity contribution in [2.75, 3.05) is 12.5 Å². The van der Waals surface area contributed by atoms with Gasteiger partial charge in [0.25, 0.3) is 5.56 Å². The van der Waals surface area contributed by atoms with Crippen LogP contribution in [0.2, 0.25) is 0 Å². The molecule has 0 aliphatic carbocycles. The van der Waals surface area contributed by atoms with Gasteiger partial charge < -0.3 is 9.84 Å². The van der Waals surface area contributed by atoms with E-state index in [1.165, 1.54) is 19.4 Å². The number of aromatic hydroxyl groups is 1. The van der Waals surface area contributed by atoms with Crippen molar-refractivity contribution < 1.29 is 9.84 Å². The van der Waals surface area contributed by atoms with Gasteiger partial charge in [-0.05, 0) is 23.8 Å². The molecule has 0 spiro atoms. The van der Waals surface area contributed by atoms with E-state index >= 15 is 0 Å². The maximum atomic E-state index is 11.3. The van der Waals surface area contributed by atoms with Crippen LogP contribution >= 0.6 is 0 Å². The quantitative estimate of drug-likeness (QED) is 0.444. The molecule has 0 aliphatic heterocycles. The molecule has 1 aromatic carbocycles. The van der Waals surface area contributed by atoms with Gasteiger partial charge >= 0.3 is 5.69 Å². The minimum atomic E-state index is -0.701. The van der Waals surface area contributed by atoms with Crippen molar-refractivity contribution in [3.63, 3.8) is 0 Å². The standard InChI is InChI=1S/C11H11N5O4/c1-20-8-4-6(2-3-7(8)17)5-12-14-9-10(18)13-11(19)16-15-9/h2-5,17H,1H3,(H,14,15)(H2,13,16,18,19)/b12-5-. The Bertz CT molecular complexity index is 749. The molecule has 0 atom stereocenters. The van der Waals surface area contributed by atoms with Crippen LogP contribution in [0.4, 0.5) is 5.82 Å². The first-order valence-corrected chi connectivity index (χ1v) is 5.45. The van der Waals surface area contributed by atoms with Gasteiger partial charge in [0, 0.05) is 0 Å². The lowest BCUT2D eigenvalue weighted by molar-refractivity contribution is 0.373. The van der Waals surface area contributed by atoms with E-state index in [0.717, 1.165) is 0 Å². The summed E-state index contributed by atoms with van der Waals surface area (Å²) in [4.78, 5) is 24.1. The number of phenolic OH excluding ortho intramolecular Hbond substituents is 1. The molecular weight excluding hydrogens is 266 g/mol. The van der Waals surface area contributed by atoms with E-state index in [9.17, 15) is 14.7 Å². The lowest BCUT2D eigenvalue weighted by Crippen LogP contribution is -2.25. The second-order valence-electron chi connectivity index (χ2n) is 3.66. The van der Waals surface area contributed by atoms with E-state index in [2.05, 4.69) is 20.7 Å². The Labute approximate surface area is 111 Å². The van der Waals surface area contributed by atoms with Gasteiger partial charge in [0.1, 0.15) is 0 Å². The van der Waals surface area contributed by atoms with Gasteiger partial charge in [0.15, 0.2) is 11.5 Å². The largest absolute Gasteiger partial charge is 0.504 e. The van der Waals surface area contributed by atoms with Gasteiger partial charge in [-0.15, -0.1) is 5.10 Å². The zero-order valence-corrected chi connectivity index (χ0v) is 10.4. The molecule has 9 heteroatoms. The van der Waals surface area contributed by atoms with Crippen LogP contribution in [-0.2, 0) is 0 Å². The molecule has 1 aromatic heterocycles. The second-order valence-corrected chi connectivity index (χ2v) is 3.66. The number of aromatic nitrogens is 3. The second kappa shape index (κ2) is 5.69. The van der Waals surface area contributed by atoms with E-state index in [1.54, 1.807) is 12.1 Å². The van der Waals surface area contributed by atoms with Crippen LogP contribution in [0.1, 0.15) is 5.56 Å². The van der Waals surface area contributed by atoms with Crippen molar-refractivity contribution in [1.29, 1.82) is 0 Å². The maximum absolute atomic E-state index is 11.3. The van der Waals surface area contributed by atoms with Crippen molar-refractivity contribution in [2.45, 2.75) is 0 Å². The summed E-state index contributed by atoms with van der Waals surface area (Å²) in [5.74, 6) is 0.164. The van der Waals surface area contributed by atoms with Gasteiger partial charge in [-0.25, -0.2) is 9.89 Å². The molecule has 9 nitrogen and oxygen atoms in total. The van der Waals surface area contributed by atoms with Crippen LogP contribution in [-0.4, -0.2) is 33.6 Å². The number of aromatic amines is 2. The Morgan fingerprint density at radius 1 is 1.45 bits per heavy atom. The summed E-state index contributed by atoms with van der Waals surface area (Å²) in [5.41, 5.74) is 1.63. The Kier molecular flexibility index (Phi) is 3.80. The molecule has 20 heavy (non-hydrogen) atoms. The topological polar surface area (TPSA) is 132 Å².